The molecule has 2 amide bonds. The van der Waals surface area contributed by atoms with Crippen molar-refractivity contribution in [3.63, 3.8) is 0 Å². The van der Waals surface area contributed by atoms with Crippen LogP contribution in [0.5, 0.6) is 0 Å². The lowest BCUT2D eigenvalue weighted by molar-refractivity contribution is 0.0698. The van der Waals surface area contributed by atoms with Gasteiger partial charge in [0.05, 0.1) is 0 Å². The Kier molecular flexibility index (Phi) is 9.67. The van der Waals surface area contributed by atoms with Crippen LogP contribution >= 0.6 is 0 Å². The summed E-state index contributed by atoms with van der Waals surface area (Å²) in [5.41, 5.74) is 3.62. The zero-order valence-electron chi connectivity index (χ0n) is 27.0. The zero-order valence-corrected chi connectivity index (χ0v) is 27.0. The average Bonchev–Trinajstić information content (AvgIpc) is 3.96. The lowest BCUT2D eigenvalue weighted by Crippen LogP contribution is -2.32. The number of hydrogen-bond donors (Lipinski definition) is 0. The van der Waals surface area contributed by atoms with E-state index in [-0.39, 0.29) is 23.9 Å². The Labute approximate surface area is 280 Å². The number of likely N-dealkylation sites (tertiary alicyclic amines) is 2. The van der Waals surface area contributed by atoms with Crippen LogP contribution in [0.25, 0.3) is 0 Å². The minimum absolute atomic E-state index is 0.106. The van der Waals surface area contributed by atoms with Crippen molar-refractivity contribution in [3.8, 4) is 0 Å². The van der Waals surface area contributed by atoms with E-state index in [1.807, 2.05) is 46.2 Å². The molecule has 0 saturated carbocycles. The maximum atomic E-state index is 13.6. The van der Waals surface area contributed by atoms with Gasteiger partial charge in [0.1, 0.15) is 12.1 Å². The number of benzene rings is 3. The van der Waals surface area contributed by atoms with Crippen LogP contribution in [0.3, 0.4) is 0 Å². The maximum Gasteiger partial charge on any atom is 0.254 e. The second-order valence-corrected chi connectivity index (χ2v) is 12.7. The van der Waals surface area contributed by atoms with E-state index in [9.17, 15) is 9.59 Å². The highest BCUT2D eigenvalue weighted by Gasteiger charge is 2.36. The number of rotatable bonds is 12. The molecule has 2 fully saturated rings. The van der Waals surface area contributed by atoms with E-state index >= 15 is 0 Å². The molecule has 2 atom stereocenters. The third kappa shape index (κ3) is 7.22. The van der Waals surface area contributed by atoms with E-state index in [1.165, 1.54) is 11.1 Å². The molecule has 48 heavy (non-hydrogen) atoms. The number of hydrogen-bond acceptors (Lipinski definition) is 8. The number of carbonyl (C=O) groups excluding carboxylic acids is 2. The normalized spacial score (nSPS) is 17.7. The summed E-state index contributed by atoms with van der Waals surface area (Å²) in [7, 11) is 0. The smallest absolute Gasteiger partial charge is 0.254 e. The topological polar surface area (TPSA) is 118 Å². The summed E-state index contributed by atoms with van der Waals surface area (Å²) in [6, 6.07) is 27.1. The summed E-state index contributed by atoms with van der Waals surface area (Å²) < 4.78 is 11.3. The molecule has 246 valence electrons. The van der Waals surface area contributed by atoms with E-state index in [0.717, 1.165) is 64.2 Å². The standard InChI is InChI=1S/C38H40N6O4/c45-37(43-25-9-17-31(43)35-39-33(41-47-35)19-7-15-27-11-3-1-4-12-27)29-21-23-30(24-22-29)38(46)44-26-10-18-32(44)36-40-34(42-48-36)20-8-16-28-13-5-2-6-14-28/h1-6,11-14,21-24,31-32H,7-10,15-20,25-26H2/t31-,32-/m0/s1. The van der Waals surface area contributed by atoms with E-state index in [1.54, 1.807) is 24.3 Å². The van der Waals surface area contributed by atoms with E-state index in [0.29, 0.717) is 47.6 Å². The fourth-order valence-corrected chi connectivity index (χ4v) is 6.82. The third-order valence-corrected chi connectivity index (χ3v) is 9.36. The molecular weight excluding hydrogens is 604 g/mol. The Morgan fingerprint density at radius 2 is 1.00 bits per heavy atom. The molecule has 0 unspecified atom stereocenters. The second kappa shape index (κ2) is 14.8. The summed E-state index contributed by atoms with van der Waals surface area (Å²) in [4.78, 5) is 40.1. The van der Waals surface area contributed by atoms with Gasteiger partial charge in [0.25, 0.3) is 11.8 Å². The van der Waals surface area contributed by atoms with Gasteiger partial charge in [0, 0.05) is 37.1 Å². The summed E-state index contributed by atoms with van der Waals surface area (Å²) in [6.45, 7) is 1.23. The lowest BCUT2D eigenvalue weighted by atomic mass is 10.1. The molecule has 3 aromatic carbocycles. The van der Waals surface area contributed by atoms with Gasteiger partial charge in [0.15, 0.2) is 11.6 Å². The van der Waals surface area contributed by atoms with Crippen molar-refractivity contribution in [2.75, 3.05) is 13.1 Å². The van der Waals surface area contributed by atoms with E-state index in [2.05, 4.69) is 44.5 Å². The number of aryl methyl sites for hydroxylation is 4. The van der Waals surface area contributed by atoms with Gasteiger partial charge >= 0.3 is 0 Å². The average molecular weight is 645 g/mol. The number of amides is 2. The first-order valence-electron chi connectivity index (χ1n) is 17.1. The fraction of sp³-hybridized carbons (Fsp3) is 0.368. The number of nitrogens with zero attached hydrogens (tertiary/aromatic N) is 6. The highest BCUT2D eigenvalue weighted by Crippen LogP contribution is 2.34. The van der Waals surface area contributed by atoms with Gasteiger partial charge in [0.2, 0.25) is 11.8 Å². The molecule has 7 rings (SSSR count). The largest absolute Gasteiger partial charge is 0.337 e. The number of carbonyl (C=O) groups is 2. The van der Waals surface area contributed by atoms with Gasteiger partial charge in [-0.3, -0.25) is 9.59 Å². The van der Waals surface area contributed by atoms with Crippen molar-refractivity contribution in [3.05, 3.63) is 131 Å². The van der Waals surface area contributed by atoms with Crippen LogP contribution in [0.15, 0.2) is 94.0 Å². The van der Waals surface area contributed by atoms with Crippen LogP contribution in [-0.4, -0.2) is 55.0 Å². The molecule has 0 radical (unpaired) electrons. The predicted molar refractivity (Wildman–Crippen MR) is 178 cm³/mol. The Morgan fingerprint density at radius 3 is 1.42 bits per heavy atom. The highest BCUT2D eigenvalue weighted by atomic mass is 16.5. The zero-order chi connectivity index (χ0) is 32.7. The first-order valence-corrected chi connectivity index (χ1v) is 17.1. The maximum absolute atomic E-state index is 13.6. The molecule has 2 saturated heterocycles. The van der Waals surface area contributed by atoms with Gasteiger partial charge in [-0.1, -0.05) is 71.0 Å². The van der Waals surface area contributed by atoms with Gasteiger partial charge in [-0.05, 0) is 86.8 Å². The molecule has 10 heteroatoms. The highest BCUT2D eigenvalue weighted by molar-refractivity contribution is 5.98. The minimum Gasteiger partial charge on any atom is -0.337 e. The van der Waals surface area contributed by atoms with E-state index in [4.69, 9.17) is 9.05 Å². The summed E-state index contributed by atoms with van der Waals surface area (Å²) in [5, 5.41) is 8.40. The lowest BCUT2D eigenvalue weighted by Gasteiger charge is -2.23. The number of aromatic nitrogens is 4. The van der Waals surface area contributed by atoms with Crippen molar-refractivity contribution in [2.45, 2.75) is 76.3 Å². The van der Waals surface area contributed by atoms with Gasteiger partial charge in [-0.25, -0.2) is 0 Å². The van der Waals surface area contributed by atoms with Gasteiger partial charge in [-0.15, -0.1) is 0 Å². The predicted octanol–water partition coefficient (Wildman–Crippen LogP) is 6.76. The molecule has 2 aliphatic rings. The first kappa shape index (κ1) is 31.5. The fourth-order valence-electron chi connectivity index (χ4n) is 6.82. The summed E-state index contributed by atoms with van der Waals surface area (Å²) >= 11 is 0. The Morgan fingerprint density at radius 1 is 0.583 bits per heavy atom. The molecular formula is C38H40N6O4. The minimum atomic E-state index is -0.253. The van der Waals surface area contributed by atoms with Crippen LogP contribution in [0.2, 0.25) is 0 Å². The summed E-state index contributed by atoms with van der Waals surface area (Å²) in [6.07, 6.45) is 8.44. The van der Waals surface area contributed by atoms with Crippen LogP contribution < -0.4 is 0 Å². The molecule has 0 aliphatic carbocycles. The van der Waals surface area contributed by atoms with Crippen molar-refractivity contribution < 1.29 is 18.6 Å². The van der Waals surface area contributed by atoms with Crippen LogP contribution in [-0.2, 0) is 25.7 Å². The Balaban J connectivity index is 0.942. The quantitative estimate of drug-likeness (QED) is 0.146. The molecule has 0 spiro atoms. The van der Waals surface area contributed by atoms with Crippen molar-refractivity contribution in [1.29, 1.82) is 0 Å². The molecule has 5 aromatic rings. The van der Waals surface area contributed by atoms with Crippen LogP contribution in [0, 0.1) is 0 Å². The Hall–Kier alpha value is -5.12. The molecule has 0 N–H and O–H groups in total. The van der Waals surface area contributed by atoms with Crippen LogP contribution in [0.4, 0.5) is 0 Å². The summed E-state index contributed by atoms with van der Waals surface area (Å²) in [5.74, 6) is 2.10. The van der Waals surface area contributed by atoms with E-state index < -0.39 is 0 Å². The SMILES string of the molecule is O=C(c1ccc(C(=O)N2CCC[C@H]2c2nc(CCCc3ccccc3)no2)cc1)N1CCC[C@H]1c1nc(CCCc2ccccc2)no1. The van der Waals surface area contributed by atoms with Gasteiger partial charge < -0.3 is 18.8 Å². The molecule has 10 nitrogen and oxygen atoms in total. The van der Waals surface area contributed by atoms with Crippen molar-refractivity contribution in [1.82, 2.24) is 30.1 Å². The van der Waals surface area contributed by atoms with Crippen LogP contribution in [0.1, 0.15) is 106 Å². The monoisotopic (exact) mass is 644 g/mol. The first-order chi connectivity index (χ1) is 23.6. The third-order valence-electron chi connectivity index (χ3n) is 9.36. The molecule has 4 heterocycles. The second-order valence-electron chi connectivity index (χ2n) is 12.7. The Bertz CT molecular complexity index is 1670. The molecule has 0 bridgehead atoms. The molecule has 2 aliphatic heterocycles. The molecule has 2 aromatic heterocycles. The van der Waals surface area contributed by atoms with Gasteiger partial charge in [-0.2, -0.15) is 9.97 Å². The van der Waals surface area contributed by atoms with Crippen molar-refractivity contribution >= 4 is 11.8 Å². The van der Waals surface area contributed by atoms with Crippen molar-refractivity contribution in [2.24, 2.45) is 0 Å².